The van der Waals surface area contributed by atoms with E-state index < -0.39 is 24.1 Å². The van der Waals surface area contributed by atoms with Crippen molar-refractivity contribution in [2.24, 2.45) is 0 Å². The standard InChI is InChI=1S/C17H14Cl2O4.C3H8O2/c1-11(23-17(21)13-4-8-15(19)9-5-13)10-22-16(20)12-2-6-14(18)7-3-12;1-3(5)2-4/h2-9,11H,10H2,1H3;3-5H,2H2,1H3. The third-order valence-corrected chi connectivity index (χ3v) is 3.69. The van der Waals surface area contributed by atoms with E-state index in [9.17, 15) is 9.59 Å². The maximum Gasteiger partial charge on any atom is 0.338 e. The van der Waals surface area contributed by atoms with Crippen molar-refractivity contribution < 1.29 is 29.3 Å². The maximum absolute atomic E-state index is 11.9. The van der Waals surface area contributed by atoms with Gasteiger partial charge in [0.2, 0.25) is 0 Å². The molecule has 0 saturated carbocycles. The van der Waals surface area contributed by atoms with E-state index in [2.05, 4.69) is 0 Å². The average molecular weight is 429 g/mol. The summed E-state index contributed by atoms with van der Waals surface area (Å²) in [5.41, 5.74) is 0.760. The van der Waals surface area contributed by atoms with Crippen LogP contribution in [0.25, 0.3) is 0 Å². The summed E-state index contributed by atoms with van der Waals surface area (Å²) in [5.74, 6) is -1.01. The average Bonchev–Trinajstić information content (AvgIpc) is 2.67. The first-order valence-corrected chi connectivity index (χ1v) is 9.16. The van der Waals surface area contributed by atoms with E-state index in [0.717, 1.165) is 0 Å². The molecular weight excluding hydrogens is 407 g/mol. The Morgan fingerprint density at radius 2 is 1.29 bits per heavy atom. The number of aliphatic hydroxyl groups excluding tert-OH is 2. The molecule has 0 heterocycles. The fourth-order valence-corrected chi connectivity index (χ4v) is 1.99. The molecule has 2 aromatic rings. The van der Waals surface area contributed by atoms with Gasteiger partial charge < -0.3 is 19.7 Å². The molecule has 0 bridgehead atoms. The number of halogens is 2. The van der Waals surface area contributed by atoms with E-state index in [1.54, 1.807) is 55.5 Å². The molecule has 0 aliphatic carbocycles. The van der Waals surface area contributed by atoms with Crippen molar-refractivity contribution in [2.75, 3.05) is 13.2 Å². The van der Waals surface area contributed by atoms with Gasteiger partial charge in [-0.1, -0.05) is 23.2 Å². The molecule has 6 nitrogen and oxygen atoms in total. The number of esters is 2. The van der Waals surface area contributed by atoms with E-state index in [4.69, 9.17) is 42.9 Å². The first-order valence-electron chi connectivity index (χ1n) is 8.41. The van der Waals surface area contributed by atoms with Gasteiger partial charge in [-0.25, -0.2) is 9.59 Å². The Morgan fingerprint density at radius 3 is 1.68 bits per heavy atom. The number of carbonyl (C=O) groups is 2. The Morgan fingerprint density at radius 1 is 0.893 bits per heavy atom. The number of benzene rings is 2. The molecule has 2 N–H and O–H groups in total. The Bertz CT molecular complexity index is 744. The molecule has 2 rings (SSSR count). The third-order valence-electron chi connectivity index (χ3n) is 3.18. The molecule has 0 saturated heterocycles. The molecule has 0 amide bonds. The number of hydrogen-bond acceptors (Lipinski definition) is 6. The van der Waals surface area contributed by atoms with Gasteiger partial charge in [-0.15, -0.1) is 0 Å². The van der Waals surface area contributed by atoms with Crippen molar-refractivity contribution in [3.05, 3.63) is 69.7 Å². The van der Waals surface area contributed by atoms with Crippen molar-refractivity contribution in [3.8, 4) is 0 Å². The van der Waals surface area contributed by atoms with Crippen molar-refractivity contribution in [2.45, 2.75) is 26.1 Å². The van der Waals surface area contributed by atoms with E-state index in [0.29, 0.717) is 21.2 Å². The van der Waals surface area contributed by atoms with Crippen LogP contribution in [0.1, 0.15) is 34.6 Å². The molecule has 152 valence electrons. The molecular formula is C20H22Cl2O6. The van der Waals surface area contributed by atoms with Crippen LogP contribution in [0.3, 0.4) is 0 Å². The monoisotopic (exact) mass is 428 g/mol. The first kappa shape index (κ1) is 23.9. The van der Waals surface area contributed by atoms with Crippen LogP contribution < -0.4 is 0 Å². The fourth-order valence-electron chi connectivity index (χ4n) is 1.73. The quantitative estimate of drug-likeness (QED) is 0.680. The van der Waals surface area contributed by atoms with Crippen molar-refractivity contribution in [3.63, 3.8) is 0 Å². The van der Waals surface area contributed by atoms with E-state index in [1.807, 2.05) is 0 Å². The lowest BCUT2D eigenvalue weighted by atomic mass is 10.2. The summed E-state index contributed by atoms with van der Waals surface area (Å²) >= 11 is 11.5. The van der Waals surface area contributed by atoms with Gasteiger partial charge in [0, 0.05) is 10.0 Å². The molecule has 0 radical (unpaired) electrons. The lowest BCUT2D eigenvalue weighted by Gasteiger charge is -2.13. The van der Waals surface area contributed by atoms with Crippen LogP contribution in [0.2, 0.25) is 10.0 Å². The van der Waals surface area contributed by atoms with E-state index in [-0.39, 0.29) is 13.2 Å². The summed E-state index contributed by atoms with van der Waals surface area (Å²) in [4.78, 5) is 23.7. The van der Waals surface area contributed by atoms with E-state index in [1.165, 1.54) is 6.92 Å². The normalized spacial score (nSPS) is 12.2. The van der Waals surface area contributed by atoms with E-state index >= 15 is 0 Å². The van der Waals surface area contributed by atoms with Crippen LogP contribution in [0.4, 0.5) is 0 Å². The minimum Gasteiger partial charge on any atom is -0.458 e. The number of carbonyl (C=O) groups excluding carboxylic acids is 2. The number of rotatable bonds is 6. The highest BCUT2D eigenvalue weighted by Crippen LogP contribution is 2.12. The molecule has 0 aromatic heterocycles. The van der Waals surface area contributed by atoms with Crippen LogP contribution in [0.5, 0.6) is 0 Å². The summed E-state index contributed by atoms with van der Waals surface area (Å²) in [6.07, 6.45) is -1.13. The van der Waals surface area contributed by atoms with Crippen LogP contribution >= 0.6 is 23.2 Å². The first-order chi connectivity index (χ1) is 13.2. The SMILES string of the molecule is CC(COC(=O)c1ccc(Cl)cc1)OC(=O)c1ccc(Cl)cc1.CC(O)CO. The molecule has 0 fully saturated rings. The highest BCUT2D eigenvalue weighted by atomic mass is 35.5. The van der Waals surface area contributed by atoms with Gasteiger partial charge in [0.05, 0.1) is 23.8 Å². The Hall–Kier alpha value is -2.12. The predicted molar refractivity (Wildman–Crippen MR) is 107 cm³/mol. The van der Waals surface area contributed by atoms with Crippen LogP contribution in [0, 0.1) is 0 Å². The van der Waals surface area contributed by atoms with Crippen LogP contribution in [-0.4, -0.2) is 47.6 Å². The predicted octanol–water partition coefficient (Wildman–Crippen LogP) is 3.76. The molecule has 2 unspecified atom stereocenters. The van der Waals surface area contributed by atoms with Gasteiger partial charge in [-0.2, -0.15) is 0 Å². The zero-order valence-corrected chi connectivity index (χ0v) is 17.0. The molecule has 0 aliphatic heterocycles. The van der Waals surface area contributed by atoms with Gasteiger partial charge in [-0.05, 0) is 62.4 Å². The van der Waals surface area contributed by atoms with Crippen LogP contribution in [0.15, 0.2) is 48.5 Å². The fraction of sp³-hybridized carbons (Fsp3) is 0.300. The van der Waals surface area contributed by atoms with Crippen LogP contribution in [-0.2, 0) is 9.47 Å². The van der Waals surface area contributed by atoms with Gasteiger partial charge in [-0.3, -0.25) is 0 Å². The van der Waals surface area contributed by atoms with Gasteiger partial charge >= 0.3 is 11.9 Å². The third kappa shape index (κ3) is 9.19. The largest absolute Gasteiger partial charge is 0.458 e. The molecule has 2 atom stereocenters. The zero-order valence-electron chi connectivity index (χ0n) is 15.5. The summed E-state index contributed by atoms with van der Waals surface area (Å²) in [7, 11) is 0. The van der Waals surface area contributed by atoms with Gasteiger partial charge in [0.15, 0.2) is 0 Å². The minimum absolute atomic E-state index is 0.0409. The molecule has 8 heteroatoms. The Kier molecular flexibility index (Phi) is 10.6. The zero-order chi connectivity index (χ0) is 21.1. The van der Waals surface area contributed by atoms with Gasteiger partial charge in [0.1, 0.15) is 12.7 Å². The summed E-state index contributed by atoms with van der Waals surface area (Å²) in [5, 5.41) is 17.1. The number of aliphatic hydroxyl groups is 2. The highest BCUT2D eigenvalue weighted by molar-refractivity contribution is 6.30. The number of ether oxygens (including phenoxy) is 2. The smallest absolute Gasteiger partial charge is 0.338 e. The van der Waals surface area contributed by atoms with Gasteiger partial charge in [0.25, 0.3) is 0 Å². The molecule has 28 heavy (non-hydrogen) atoms. The summed E-state index contributed by atoms with van der Waals surface area (Å²) in [6.45, 7) is 2.99. The van der Waals surface area contributed by atoms with Crippen molar-refractivity contribution in [1.29, 1.82) is 0 Å². The second-order valence-corrected chi connectivity index (χ2v) is 6.73. The highest BCUT2D eigenvalue weighted by Gasteiger charge is 2.15. The Balaban J connectivity index is 0.000000696. The lowest BCUT2D eigenvalue weighted by molar-refractivity contribution is 0.00448. The molecule has 0 spiro atoms. The summed E-state index contributed by atoms with van der Waals surface area (Å²) in [6, 6.07) is 12.7. The lowest BCUT2D eigenvalue weighted by Crippen LogP contribution is -2.22. The number of hydrogen-bond donors (Lipinski definition) is 2. The second kappa shape index (κ2) is 12.4. The molecule has 2 aromatic carbocycles. The Labute approximate surface area is 173 Å². The second-order valence-electron chi connectivity index (χ2n) is 5.86. The topological polar surface area (TPSA) is 93.1 Å². The minimum atomic E-state index is -0.575. The maximum atomic E-state index is 11.9. The van der Waals surface area contributed by atoms with Crippen molar-refractivity contribution in [1.82, 2.24) is 0 Å². The molecule has 0 aliphatic rings. The van der Waals surface area contributed by atoms with Crippen molar-refractivity contribution >= 4 is 35.1 Å². The summed E-state index contributed by atoms with van der Waals surface area (Å²) < 4.78 is 10.3.